The molecule has 33 heavy (non-hydrogen) atoms. The van der Waals surface area contributed by atoms with Gasteiger partial charge in [0.2, 0.25) is 0 Å². The van der Waals surface area contributed by atoms with Crippen LogP contribution in [0.5, 0.6) is 0 Å². The molecule has 7 heteroatoms. The predicted octanol–water partition coefficient (Wildman–Crippen LogP) is 5.29. The Kier molecular flexibility index (Phi) is 6.23. The van der Waals surface area contributed by atoms with E-state index in [0.717, 1.165) is 62.3 Å². The number of likely N-dealkylation sites (tertiary alicyclic amines) is 1. The van der Waals surface area contributed by atoms with Gasteiger partial charge in [0, 0.05) is 42.5 Å². The van der Waals surface area contributed by atoms with Gasteiger partial charge >= 0.3 is 6.09 Å². The van der Waals surface area contributed by atoms with Gasteiger partial charge in [-0.25, -0.2) is 13.6 Å². The number of fused-ring (bicyclic) bond motifs is 3. The van der Waals surface area contributed by atoms with Crippen molar-refractivity contribution in [1.29, 1.82) is 0 Å². The van der Waals surface area contributed by atoms with Crippen LogP contribution in [0.15, 0.2) is 42.5 Å². The van der Waals surface area contributed by atoms with Gasteiger partial charge in [-0.2, -0.15) is 0 Å². The molecule has 2 fully saturated rings. The maximum Gasteiger partial charge on any atom is 0.410 e. The Hall–Kier alpha value is -2.67. The third-order valence-electron chi connectivity index (χ3n) is 7.46. The van der Waals surface area contributed by atoms with Gasteiger partial charge in [-0.3, -0.25) is 0 Å². The van der Waals surface area contributed by atoms with E-state index in [0.29, 0.717) is 13.2 Å². The third-order valence-corrected chi connectivity index (χ3v) is 7.46. The summed E-state index contributed by atoms with van der Waals surface area (Å²) in [5, 5.41) is 0. The monoisotopic (exact) mass is 455 g/mol. The largest absolute Gasteiger partial charge is 0.448 e. The third kappa shape index (κ3) is 4.31. The molecule has 5 rings (SSSR count). The molecule has 0 unspecified atom stereocenters. The van der Waals surface area contributed by atoms with E-state index >= 15 is 0 Å². The van der Waals surface area contributed by atoms with Crippen molar-refractivity contribution in [2.24, 2.45) is 0 Å². The molecule has 0 aromatic heterocycles. The van der Waals surface area contributed by atoms with Crippen molar-refractivity contribution in [3.63, 3.8) is 0 Å². The number of anilines is 2. The Bertz CT molecular complexity index is 1000. The van der Waals surface area contributed by atoms with Gasteiger partial charge in [0.05, 0.1) is 6.54 Å². The summed E-state index contributed by atoms with van der Waals surface area (Å²) in [4.78, 5) is 18.5. The number of carbonyl (C=O) groups is 1. The van der Waals surface area contributed by atoms with Crippen LogP contribution in [-0.2, 0) is 4.74 Å². The molecule has 5 nitrogen and oxygen atoms in total. The highest BCUT2D eigenvalue weighted by Gasteiger charge is 2.42. The Morgan fingerprint density at radius 3 is 2.61 bits per heavy atom. The van der Waals surface area contributed by atoms with Gasteiger partial charge in [0.15, 0.2) is 0 Å². The lowest BCUT2D eigenvalue weighted by Gasteiger charge is -2.39. The van der Waals surface area contributed by atoms with Crippen molar-refractivity contribution in [3.05, 3.63) is 59.7 Å². The average molecular weight is 456 g/mol. The standard InChI is InChI=1S/C26H31F2N3O2/c1-2-20(30-14-15-33-26(30)32)4-3-12-29-13-11-25-23(17-29)22-16-19(28)7-10-24(22)31(25)21-8-5-18(27)6-9-21/h5-10,16,20,23,25H,2-4,11-15,17H2,1H3/t20-,23+,25-/m1/s1. The molecular formula is C26H31F2N3O2. The van der Waals surface area contributed by atoms with Gasteiger partial charge < -0.3 is 19.4 Å². The summed E-state index contributed by atoms with van der Waals surface area (Å²) in [7, 11) is 0. The summed E-state index contributed by atoms with van der Waals surface area (Å²) in [5.41, 5.74) is 3.02. The number of amides is 1. The van der Waals surface area contributed by atoms with E-state index in [2.05, 4.69) is 16.7 Å². The molecule has 0 aliphatic carbocycles. The van der Waals surface area contributed by atoms with E-state index in [1.54, 1.807) is 6.07 Å². The molecule has 3 aliphatic rings. The van der Waals surface area contributed by atoms with Gasteiger partial charge in [-0.05, 0) is 80.3 Å². The molecule has 0 spiro atoms. The fraction of sp³-hybridized carbons (Fsp3) is 0.500. The highest BCUT2D eigenvalue weighted by molar-refractivity contribution is 5.73. The van der Waals surface area contributed by atoms with Crippen molar-refractivity contribution >= 4 is 17.5 Å². The van der Waals surface area contributed by atoms with E-state index in [1.165, 1.54) is 18.2 Å². The van der Waals surface area contributed by atoms with Crippen molar-refractivity contribution in [2.45, 2.75) is 50.6 Å². The predicted molar refractivity (Wildman–Crippen MR) is 124 cm³/mol. The van der Waals surface area contributed by atoms with Crippen LogP contribution >= 0.6 is 0 Å². The van der Waals surface area contributed by atoms with Crippen molar-refractivity contribution in [2.75, 3.05) is 37.7 Å². The lowest BCUT2D eigenvalue weighted by molar-refractivity contribution is 0.141. The molecule has 2 aromatic rings. The normalized spacial score (nSPS) is 23.4. The fourth-order valence-corrected chi connectivity index (χ4v) is 5.85. The molecule has 0 radical (unpaired) electrons. The van der Waals surface area contributed by atoms with E-state index < -0.39 is 0 Å². The number of benzene rings is 2. The first-order valence-corrected chi connectivity index (χ1v) is 12.0. The van der Waals surface area contributed by atoms with Crippen LogP contribution in [0.3, 0.4) is 0 Å². The molecule has 176 valence electrons. The second-order valence-corrected chi connectivity index (χ2v) is 9.32. The van der Waals surface area contributed by atoms with Crippen LogP contribution in [0, 0.1) is 11.6 Å². The van der Waals surface area contributed by atoms with Gasteiger partial charge in [-0.1, -0.05) is 6.92 Å². The van der Waals surface area contributed by atoms with Gasteiger partial charge in [0.1, 0.15) is 18.2 Å². The topological polar surface area (TPSA) is 36.0 Å². The molecule has 3 aliphatic heterocycles. The number of nitrogens with zero attached hydrogens (tertiary/aromatic N) is 3. The summed E-state index contributed by atoms with van der Waals surface area (Å²) in [6.07, 6.45) is 3.68. The van der Waals surface area contributed by atoms with Crippen LogP contribution in [0.25, 0.3) is 0 Å². The Morgan fingerprint density at radius 2 is 1.88 bits per heavy atom. The van der Waals surface area contributed by atoms with E-state index in [9.17, 15) is 13.6 Å². The lowest BCUT2D eigenvalue weighted by Crippen LogP contribution is -2.45. The number of rotatable bonds is 7. The van der Waals surface area contributed by atoms with Crippen LogP contribution < -0.4 is 4.90 Å². The number of halogens is 2. The molecule has 3 heterocycles. The number of cyclic esters (lactones) is 1. The smallest absolute Gasteiger partial charge is 0.410 e. The molecule has 0 N–H and O–H groups in total. The summed E-state index contributed by atoms with van der Waals surface area (Å²) in [5.74, 6) is -0.255. The summed E-state index contributed by atoms with van der Waals surface area (Å²) >= 11 is 0. The Labute approximate surface area is 193 Å². The zero-order chi connectivity index (χ0) is 22.9. The van der Waals surface area contributed by atoms with E-state index in [1.807, 2.05) is 23.1 Å². The van der Waals surface area contributed by atoms with Crippen molar-refractivity contribution in [3.8, 4) is 0 Å². The number of piperidine rings is 1. The Balaban J connectivity index is 1.27. The Morgan fingerprint density at radius 1 is 1.09 bits per heavy atom. The molecule has 3 atom stereocenters. The first-order valence-electron chi connectivity index (χ1n) is 12.0. The number of ether oxygens (including phenoxy) is 1. The SMILES string of the molecule is CC[C@H](CCCN1CC[C@@H]2[C@@H](C1)c1cc(F)ccc1N2c1ccc(F)cc1)N1CCOC1=O. The fourth-order valence-electron chi connectivity index (χ4n) is 5.85. The molecular weight excluding hydrogens is 424 g/mol. The van der Waals surface area contributed by atoms with Crippen LogP contribution in [0.2, 0.25) is 0 Å². The first kappa shape index (κ1) is 22.1. The van der Waals surface area contributed by atoms with Crippen molar-refractivity contribution < 1.29 is 18.3 Å². The van der Waals surface area contributed by atoms with Crippen LogP contribution in [0.4, 0.5) is 25.0 Å². The first-order chi connectivity index (χ1) is 16.0. The number of carbonyl (C=O) groups excluding carboxylic acids is 1. The zero-order valence-electron chi connectivity index (χ0n) is 19.1. The number of hydrogen-bond acceptors (Lipinski definition) is 4. The minimum atomic E-state index is -0.253. The molecule has 1 amide bonds. The van der Waals surface area contributed by atoms with Crippen LogP contribution in [0.1, 0.15) is 44.1 Å². The van der Waals surface area contributed by atoms with Gasteiger partial charge in [-0.15, -0.1) is 0 Å². The molecule has 2 saturated heterocycles. The molecule has 0 bridgehead atoms. The highest BCUT2D eigenvalue weighted by atomic mass is 19.1. The maximum absolute atomic E-state index is 14.2. The van der Waals surface area contributed by atoms with Crippen molar-refractivity contribution in [1.82, 2.24) is 9.80 Å². The lowest BCUT2D eigenvalue weighted by atomic mass is 9.88. The van der Waals surface area contributed by atoms with E-state index in [4.69, 9.17) is 4.74 Å². The quantitative estimate of drug-likeness (QED) is 0.569. The zero-order valence-corrected chi connectivity index (χ0v) is 19.1. The van der Waals surface area contributed by atoms with Crippen LogP contribution in [-0.4, -0.2) is 60.8 Å². The second kappa shape index (κ2) is 9.29. The minimum absolute atomic E-state index is 0.187. The summed E-state index contributed by atoms with van der Waals surface area (Å²) < 4.78 is 32.8. The average Bonchev–Trinajstić information content (AvgIpc) is 3.38. The van der Waals surface area contributed by atoms with E-state index in [-0.39, 0.29) is 35.7 Å². The summed E-state index contributed by atoms with van der Waals surface area (Å²) in [6, 6.07) is 12.1. The number of hydrogen-bond donors (Lipinski definition) is 0. The maximum atomic E-state index is 14.2. The second-order valence-electron chi connectivity index (χ2n) is 9.32. The highest BCUT2D eigenvalue weighted by Crippen LogP contribution is 2.48. The molecule has 2 aromatic carbocycles. The molecule has 0 saturated carbocycles. The summed E-state index contributed by atoms with van der Waals surface area (Å²) in [6.45, 7) is 6.11. The van der Waals surface area contributed by atoms with Gasteiger partial charge in [0.25, 0.3) is 0 Å². The minimum Gasteiger partial charge on any atom is -0.448 e.